The van der Waals surface area contributed by atoms with E-state index in [0.29, 0.717) is 0 Å². The summed E-state index contributed by atoms with van der Waals surface area (Å²) < 4.78 is 24.5. The van der Waals surface area contributed by atoms with Gasteiger partial charge in [0.05, 0.1) is 13.2 Å². The maximum atomic E-state index is 12.2. The number of aliphatic hydroxyl groups excluding tert-OH is 1. The Morgan fingerprint density at radius 2 is 2.00 bits per heavy atom. The molecule has 0 radical (unpaired) electrons. The fourth-order valence-electron chi connectivity index (χ4n) is 1.45. The number of hydrogen-bond donors (Lipinski definition) is 2. The zero-order chi connectivity index (χ0) is 13.4. The lowest BCUT2D eigenvalue weighted by molar-refractivity contribution is 0.0902. The highest BCUT2D eigenvalue weighted by molar-refractivity contribution is 5.74. The number of halogens is 2. The first kappa shape index (κ1) is 14.4. The number of nitrogens with zero attached hydrogens (tertiary/aromatic N) is 1. The first-order valence-electron chi connectivity index (χ1n) is 5.59. The highest BCUT2D eigenvalue weighted by Gasteiger charge is 2.17. The monoisotopic (exact) mass is 258 g/mol. The van der Waals surface area contributed by atoms with Crippen molar-refractivity contribution in [3.8, 4) is 0 Å². The molecule has 0 aromatic heterocycles. The Bertz CT molecular complexity index is 360. The van der Waals surface area contributed by atoms with Crippen molar-refractivity contribution >= 4 is 6.03 Å². The summed E-state index contributed by atoms with van der Waals surface area (Å²) >= 11 is 0. The van der Waals surface area contributed by atoms with Gasteiger partial charge in [0.15, 0.2) is 0 Å². The molecule has 0 heterocycles. The van der Waals surface area contributed by atoms with Crippen LogP contribution in [-0.2, 0) is 6.54 Å². The lowest BCUT2D eigenvalue weighted by atomic mass is 10.2. The van der Waals surface area contributed by atoms with E-state index in [4.69, 9.17) is 5.11 Å². The van der Waals surface area contributed by atoms with E-state index < -0.39 is 19.0 Å². The molecule has 0 atom stereocenters. The molecule has 0 bridgehead atoms. The fourth-order valence-corrected chi connectivity index (χ4v) is 1.45. The Hall–Kier alpha value is -1.69. The molecular weight excluding hydrogens is 242 g/mol. The molecule has 0 aliphatic heterocycles. The van der Waals surface area contributed by atoms with Gasteiger partial charge in [-0.15, -0.1) is 0 Å². The quantitative estimate of drug-likeness (QED) is 0.811. The molecule has 100 valence electrons. The van der Waals surface area contributed by atoms with E-state index in [9.17, 15) is 13.6 Å². The van der Waals surface area contributed by atoms with Crippen LogP contribution < -0.4 is 5.32 Å². The molecule has 0 saturated heterocycles. The van der Waals surface area contributed by atoms with Crippen molar-refractivity contribution < 1.29 is 18.7 Å². The summed E-state index contributed by atoms with van der Waals surface area (Å²) in [5.74, 6) is 0. The van der Waals surface area contributed by atoms with Gasteiger partial charge in [-0.2, -0.15) is 0 Å². The molecule has 2 amide bonds. The van der Waals surface area contributed by atoms with E-state index in [-0.39, 0.29) is 19.7 Å². The van der Waals surface area contributed by atoms with Crippen LogP contribution in [0.4, 0.5) is 13.6 Å². The lowest BCUT2D eigenvalue weighted by Gasteiger charge is -2.21. The maximum Gasteiger partial charge on any atom is 0.317 e. The second kappa shape index (κ2) is 7.60. The van der Waals surface area contributed by atoms with Crippen molar-refractivity contribution in [3.05, 3.63) is 35.9 Å². The average Bonchev–Trinajstić information content (AvgIpc) is 2.36. The molecule has 1 rings (SSSR count). The number of hydrogen-bond acceptors (Lipinski definition) is 2. The third-order valence-electron chi connectivity index (χ3n) is 2.30. The van der Waals surface area contributed by atoms with Gasteiger partial charge in [0.2, 0.25) is 0 Å². The van der Waals surface area contributed by atoms with Crippen molar-refractivity contribution in [2.75, 3.05) is 19.7 Å². The Balaban J connectivity index is 2.46. The highest BCUT2D eigenvalue weighted by atomic mass is 19.3. The van der Waals surface area contributed by atoms with Gasteiger partial charge in [0.25, 0.3) is 6.43 Å². The summed E-state index contributed by atoms with van der Waals surface area (Å²) in [5.41, 5.74) is 0.881. The molecule has 6 heteroatoms. The van der Waals surface area contributed by atoms with E-state index in [1.54, 1.807) is 0 Å². The number of urea groups is 1. The predicted octanol–water partition coefficient (Wildman–Crippen LogP) is 1.46. The van der Waals surface area contributed by atoms with Gasteiger partial charge in [-0.25, -0.2) is 13.6 Å². The second-order valence-corrected chi connectivity index (χ2v) is 3.71. The van der Waals surface area contributed by atoms with Crippen LogP contribution in [0.2, 0.25) is 0 Å². The van der Waals surface area contributed by atoms with Gasteiger partial charge in [0, 0.05) is 13.1 Å². The smallest absolute Gasteiger partial charge is 0.317 e. The molecule has 0 aliphatic carbocycles. The SMILES string of the molecule is O=C(NCc1ccccc1)N(CCO)CC(F)F. The van der Waals surface area contributed by atoms with Gasteiger partial charge < -0.3 is 15.3 Å². The van der Waals surface area contributed by atoms with Gasteiger partial charge in [-0.05, 0) is 5.56 Å². The molecule has 0 aliphatic rings. The Morgan fingerprint density at radius 1 is 1.33 bits per heavy atom. The average molecular weight is 258 g/mol. The third-order valence-corrected chi connectivity index (χ3v) is 2.30. The first-order valence-corrected chi connectivity index (χ1v) is 5.59. The molecule has 1 aromatic rings. The number of benzene rings is 1. The minimum atomic E-state index is -2.61. The molecule has 4 nitrogen and oxygen atoms in total. The highest BCUT2D eigenvalue weighted by Crippen LogP contribution is 2.01. The maximum absolute atomic E-state index is 12.2. The van der Waals surface area contributed by atoms with Crippen molar-refractivity contribution in [2.45, 2.75) is 13.0 Å². The van der Waals surface area contributed by atoms with Crippen LogP contribution >= 0.6 is 0 Å². The third kappa shape index (κ3) is 5.09. The summed E-state index contributed by atoms with van der Waals surface area (Å²) in [6, 6.07) is 8.54. The number of alkyl halides is 2. The van der Waals surface area contributed by atoms with E-state index in [2.05, 4.69) is 5.32 Å². The number of carbonyl (C=O) groups excluding carboxylic acids is 1. The summed E-state index contributed by atoms with van der Waals surface area (Å²) in [5, 5.41) is 11.2. The number of aliphatic hydroxyl groups is 1. The van der Waals surface area contributed by atoms with Gasteiger partial charge in [-0.3, -0.25) is 0 Å². The molecular formula is C12H16F2N2O2. The zero-order valence-electron chi connectivity index (χ0n) is 9.85. The van der Waals surface area contributed by atoms with Crippen LogP contribution in [0.5, 0.6) is 0 Å². The Kier molecular flexibility index (Phi) is 6.07. The molecule has 0 spiro atoms. The van der Waals surface area contributed by atoms with Crippen molar-refractivity contribution in [2.24, 2.45) is 0 Å². The van der Waals surface area contributed by atoms with Crippen LogP contribution in [0.3, 0.4) is 0 Å². The van der Waals surface area contributed by atoms with Crippen LogP contribution in [0.25, 0.3) is 0 Å². The van der Waals surface area contributed by atoms with Crippen LogP contribution in [-0.4, -0.2) is 42.2 Å². The molecule has 0 fully saturated rings. The van der Waals surface area contributed by atoms with Crippen molar-refractivity contribution in [1.82, 2.24) is 10.2 Å². The zero-order valence-corrected chi connectivity index (χ0v) is 9.85. The summed E-state index contributed by atoms with van der Waals surface area (Å²) in [7, 11) is 0. The normalized spacial score (nSPS) is 10.4. The largest absolute Gasteiger partial charge is 0.395 e. The predicted molar refractivity (Wildman–Crippen MR) is 63.3 cm³/mol. The number of carbonyl (C=O) groups is 1. The molecule has 1 aromatic carbocycles. The fraction of sp³-hybridized carbons (Fsp3) is 0.417. The minimum Gasteiger partial charge on any atom is -0.395 e. The summed E-state index contributed by atoms with van der Waals surface area (Å²) in [4.78, 5) is 12.5. The lowest BCUT2D eigenvalue weighted by Crippen LogP contribution is -2.43. The van der Waals surface area contributed by atoms with Gasteiger partial charge in [-0.1, -0.05) is 30.3 Å². The van der Waals surface area contributed by atoms with Crippen LogP contribution in [0.1, 0.15) is 5.56 Å². The number of amides is 2. The molecule has 2 N–H and O–H groups in total. The van der Waals surface area contributed by atoms with Crippen LogP contribution in [0, 0.1) is 0 Å². The summed E-state index contributed by atoms with van der Waals surface area (Å²) in [6.07, 6.45) is -2.61. The molecule has 0 saturated carbocycles. The van der Waals surface area contributed by atoms with E-state index in [1.165, 1.54) is 0 Å². The van der Waals surface area contributed by atoms with Crippen molar-refractivity contribution in [3.63, 3.8) is 0 Å². The number of nitrogens with one attached hydrogen (secondary N) is 1. The second-order valence-electron chi connectivity index (χ2n) is 3.71. The molecule has 0 unspecified atom stereocenters. The van der Waals surface area contributed by atoms with E-state index in [0.717, 1.165) is 10.5 Å². The molecule has 18 heavy (non-hydrogen) atoms. The first-order chi connectivity index (χ1) is 8.63. The Morgan fingerprint density at radius 3 is 2.56 bits per heavy atom. The summed E-state index contributed by atoms with van der Waals surface area (Å²) in [6.45, 7) is -0.859. The topological polar surface area (TPSA) is 52.6 Å². The van der Waals surface area contributed by atoms with Gasteiger partial charge in [0.1, 0.15) is 0 Å². The van der Waals surface area contributed by atoms with Gasteiger partial charge >= 0.3 is 6.03 Å². The van der Waals surface area contributed by atoms with E-state index >= 15 is 0 Å². The standard InChI is InChI=1S/C12H16F2N2O2/c13-11(14)9-16(6-7-17)12(18)15-8-10-4-2-1-3-5-10/h1-5,11,17H,6-9H2,(H,15,18). The van der Waals surface area contributed by atoms with Crippen molar-refractivity contribution in [1.29, 1.82) is 0 Å². The number of rotatable bonds is 6. The Labute approximate surface area is 104 Å². The minimum absolute atomic E-state index is 0.106. The van der Waals surface area contributed by atoms with Crippen LogP contribution in [0.15, 0.2) is 30.3 Å². The van der Waals surface area contributed by atoms with E-state index in [1.807, 2.05) is 30.3 Å².